The summed E-state index contributed by atoms with van der Waals surface area (Å²) in [4.78, 5) is -0.663. The predicted octanol–water partition coefficient (Wildman–Crippen LogP) is 7.65. The number of hydrogen-bond acceptors (Lipinski definition) is 3. The maximum absolute atomic E-state index is 7.60. The lowest BCUT2D eigenvalue weighted by molar-refractivity contribution is 0.243. The zero-order valence-electron chi connectivity index (χ0n) is 18.2. The third-order valence-corrected chi connectivity index (χ3v) is 7.29. The van der Waals surface area contributed by atoms with Crippen LogP contribution < -0.4 is 0 Å². The van der Waals surface area contributed by atoms with Crippen molar-refractivity contribution in [3.8, 4) is 0 Å². The van der Waals surface area contributed by atoms with Crippen LogP contribution in [0.3, 0.4) is 0 Å². The third kappa shape index (κ3) is 3.61. The summed E-state index contributed by atoms with van der Waals surface area (Å²) in [5, 5.41) is 12.6. The monoisotopic (exact) mass is 397 g/mol. The summed E-state index contributed by atoms with van der Waals surface area (Å²) in [5.74, 6) is 0.583. The smallest absolute Gasteiger partial charge is 0.121 e. The summed E-state index contributed by atoms with van der Waals surface area (Å²) >= 11 is 7.60. The van der Waals surface area contributed by atoms with Crippen LogP contribution in [0, 0.1) is 16.7 Å². The fraction of sp³-hybridized carbons (Fsp3) is 0.542. The van der Waals surface area contributed by atoms with Crippen LogP contribution in [0.15, 0.2) is 63.1 Å². The Bertz CT molecular complexity index is 863. The molecule has 1 aromatic rings. The zero-order chi connectivity index (χ0) is 20.7. The van der Waals surface area contributed by atoms with Gasteiger partial charge < -0.3 is 0 Å². The minimum absolute atomic E-state index is 0.201. The van der Waals surface area contributed by atoms with Crippen LogP contribution in [0.25, 0.3) is 5.57 Å². The number of nitrogens with zero attached hydrogens (tertiary/aromatic N) is 3. The number of hydrogen-bond donors (Lipinski definition) is 0. The minimum Gasteiger partial charge on any atom is -0.128 e. The van der Waals surface area contributed by atoms with Crippen molar-refractivity contribution in [3.05, 3.63) is 53.2 Å². The molecule has 28 heavy (non-hydrogen) atoms. The van der Waals surface area contributed by atoms with E-state index in [1.165, 1.54) is 5.57 Å². The zero-order valence-corrected chi connectivity index (χ0v) is 18.9. The van der Waals surface area contributed by atoms with E-state index in [1.807, 2.05) is 18.2 Å². The first kappa shape index (κ1) is 21.0. The standard InChI is InChI=1S/C24H32ClN3/c1-16(22(2,3)4)13-14-18-15-19-21(27-28-26-19)20(17-11-9-8-10-12-17)24(18,25)23(5,6)7/h8-12,15-16H,13-14H2,1-7H3. The molecule has 0 saturated carbocycles. The Labute approximate surface area is 174 Å². The number of allylic oxidation sites excluding steroid dienone is 3. The Balaban J connectivity index is 2.11. The lowest BCUT2D eigenvalue weighted by Gasteiger charge is -2.46. The molecule has 1 aliphatic heterocycles. The summed E-state index contributed by atoms with van der Waals surface area (Å²) in [5.41, 5.74) is 5.04. The van der Waals surface area contributed by atoms with E-state index in [1.54, 1.807) is 0 Å². The van der Waals surface area contributed by atoms with E-state index in [2.05, 4.69) is 82.1 Å². The van der Waals surface area contributed by atoms with E-state index >= 15 is 0 Å². The van der Waals surface area contributed by atoms with E-state index in [0.717, 1.165) is 35.4 Å². The van der Waals surface area contributed by atoms with Crippen LogP contribution in [0.1, 0.15) is 66.9 Å². The second-order valence-electron chi connectivity index (χ2n) is 10.1. The molecule has 0 N–H and O–H groups in total. The van der Waals surface area contributed by atoms with Gasteiger partial charge in [-0.05, 0) is 52.0 Å². The summed E-state index contributed by atoms with van der Waals surface area (Å²) in [7, 11) is 0. The lowest BCUT2D eigenvalue weighted by atomic mass is 9.64. The van der Waals surface area contributed by atoms with Crippen molar-refractivity contribution >= 4 is 22.9 Å². The Hall–Kier alpha value is -1.74. The van der Waals surface area contributed by atoms with Crippen molar-refractivity contribution in [3.63, 3.8) is 0 Å². The van der Waals surface area contributed by atoms with Gasteiger partial charge in [-0.3, -0.25) is 0 Å². The number of halogens is 1. The third-order valence-electron chi connectivity index (χ3n) is 6.30. The van der Waals surface area contributed by atoms with Gasteiger partial charge in [0, 0.05) is 5.57 Å². The van der Waals surface area contributed by atoms with Gasteiger partial charge in [0.05, 0.1) is 4.87 Å². The van der Waals surface area contributed by atoms with Gasteiger partial charge in [-0.15, -0.1) is 21.8 Å². The molecular formula is C24H32ClN3. The molecule has 0 fully saturated rings. The quantitative estimate of drug-likeness (QED) is 0.468. The summed E-state index contributed by atoms with van der Waals surface area (Å²) in [6, 6.07) is 10.3. The van der Waals surface area contributed by atoms with Crippen LogP contribution in [-0.2, 0) is 0 Å². The first-order chi connectivity index (χ1) is 13.0. The maximum Gasteiger partial charge on any atom is 0.121 e. The Kier molecular flexibility index (Phi) is 5.44. The van der Waals surface area contributed by atoms with Crippen molar-refractivity contribution in [2.75, 3.05) is 0 Å². The molecule has 1 aromatic carbocycles. The second-order valence-corrected chi connectivity index (χ2v) is 10.7. The highest BCUT2D eigenvalue weighted by atomic mass is 35.5. The number of benzene rings is 1. The molecule has 150 valence electrons. The molecule has 0 amide bonds. The normalized spacial score (nSPS) is 23.4. The molecule has 0 spiro atoms. The minimum atomic E-state index is -0.663. The van der Waals surface area contributed by atoms with Crippen LogP contribution >= 0.6 is 11.6 Å². The van der Waals surface area contributed by atoms with Gasteiger partial charge in [0.1, 0.15) is 11.4 Å². The first-order valence-electron chi connectivity index (χ1n) is 10.2. The predicted molar refractivity (Wildman–Crippen MR) is 120 cm³/mol. The van der Waals surface area contributed by atoms with Crippen molar-refractivity contribution < 1.29 is 0 Å². The summed E-state index contributed by atoms with van der Waals surface area (Å²) in [6.07, 6.45) is 4.15. The highest BCUT2D eigenvalue weighted by Gasteiger charge is 2.51. The Morgan fingerprint density at radius 3 is 2.25 bits per heavy atom. The lowest BCUT2D eigenvalue weighted by Crippen LogP contribution is -2.43. The van der Waals surface area contributed by atoms with Gasteiger partial charge in [-0.2, -0.15) is 0 Å². The molecule has 0 aromatic heterocycles. The fourth-order valence-electron chi connectivity index (χ4n) is 3.92. The van der Waals surface area contributed by atoms with E-state index < -0.39 is 4.87 Å². The second kappa shape index (κ2) is 7.26. The van der Waals surface area contributed by atoms with Crippen LogP contribution in [0.5, 0.6) is 0 Å². The van der Waals surface area contributed by atoms with Crippen LogP contribution in [0.4, 0.5) is 0 Å². The molecule has 2 aliphatic rings. The van der Waals surface area contributed by atoms with Crippen LogP contribution in [-0.4, -0.2) is 10.6 Å². The van der Waals surface area contributed by atoms with Gasteiger partial charge >= 0.3 is 0 Å². The molecule has 0 radical (unpaired) electrons. The van der Waals surface area contributed by atoms with Crippen LogP contribution in [0.2, 0.25) is 0 Å². The van der Waals surface area contributed by atoms with Gasteiger partial charge in [0.2, 0.25) is 0 Å². The maximum atomic E-state index is 7.60. The molecule has 3 nitrogen and oxygen atoms in total. The van der Waals surface area contributed by atoms with Crippen molar-refractivity contribution in [1.29, 1.82) is 0 Å². The average molecular weight is 398 g/mol. The summed E-state index contributed by atoms with van der Waals surface area (Å²) in [6.45, 7) is 15.9. The topological polar surface area (TPSA) is 37.1 Å². The van der Waals surface area contributed by atoms with Gasteiger partial charge in [0.25, 0.3) is 0 Å². The first-order valence-corrected chi connectivity index (χ1v) is 10.5. The molecule has 1 heterocycles. The average Bonchev–Trinajstić information content (AvgIpc) is 3.06. The molecule has 1 aliphatic carbocycles. The van der Waals surface area contributed by atoms with E-state index in [4.69, 9.17) is 11.6 Å². The number of alkyl halides is 1. The highest BCUT2D eigenvalue weighted by Crippen LogP contribution is 2.56. The molecule has 4 heteroatoms. The van der Waals surface area contributed by atoms with Crippen molar-refractivity contribution in [1.82, 2.24) is 0 Å². The molecular weight excluding hydrogens is 366 g/mol. The SMILES string of the molecule is CC(CCC1=CC2=NN=NC2=C(c2ccccc2)C1(Cl)C(C)(C)C)C(C)(C)C. The van der Waals surface area contributed by atoms with E-state index in [0.29, 0.717) is 5.92 Å². The van der Waals surface area contributed by atoms with Crippen molar-refractivity contribution in [2.45, 2.75) is 66.2 Å². The van der Waals surface area contributed by atoms with Crippen molar-refractivity contribution in [2.24, 2.45) is 32.2 Å². The Morgan fingerprint density at radius 2 is 1.68 bits per heavy atom. The van der Waals surface area contributed by atoms with E-state index in [-0.39, 0.29) is 10.8 Å². The molecule has 0 bridgehead atoms. The van der Waals surface area contributed by atoms with Gasteiger partial charge in [-0.1, -0.05) is 78.8 Å². The highest BCUT2D eigenvalue weighted by molar-refractivity contribution is 6.37. The molecule has 3 rings (SSSR count). The summed E-state index contributed by atoms with van der Waals surface area (Å²) < 4.78 is 0. The molecule has 2 atom stereocenters. The molecule has 2 unspecified atom stereocenters. The number of rotatable bonds is 4. The largest absolute Gasteiger partial charge is 0.128 e. The fourth-order valence-corrected chi connectivity index (χ4v) is 4.27. The molecule has 0 saturated heterocycles. The van der Waals surface area contributed by atoms with Gasteiger partial charge in [0.15, 0.2) is 0 Å². The number of fused-ring (bicyclic) bond motifs is 1. The van der Waals surface area contributed by atoms with Gasteiger partial charge in [-0.25, -0.2) is 0 Å². The Morgan fingerprint density at radius 1 is 1.04 bits per heavy atom. The van der Waals surface area contributed by atoms with E-state index in [9.17, 15) is 0 Å².